The van der Waals surface area contributed by atoms with E-state index >= 15 is 0 Å². The Hall–Kier alpha value is -1.07. The highest BCUT2D eigenvalue weighted by atomic mass is 32.2. The summed E-state index contributed by atoms with van der Waals surface area (Å²) in [4.78, 5) is 12.0. The number of nitrogens with one attached hydrogen (secondary N) is 1. The number of benzene rings is 1. The summed E-state index contributed by atoms with van der Waals surface area (Å²) in [7, 11) is 0. The molecule has 0 heterocycles. The van der Waals surface area contributed by atoms with Gasteiger partial charge < -0.3 is 11.1 Å². The second-order valence-electron chi connectivity index (χ2n) is 4.43. The fourth-order valence-corrected chi connectivity index (χ4v) is 2.38. The van der Waals surface area contributed by atoms with Crippen molar-refractivity contribution in [3.63, 3.8) is 0 Å². The molecule has 0 aromatic heterocycles. The molecule has 104 valence electrons. The van der Waals surface area contributed by atoms with Crippen LogP contribution >= 0.6 is 24.0 Å². The predicted molar refractivity (Wildman–Crippen MR) is 86.4 cm³/mol. The fourth-order valence-electron chi connectivity index (χ4n) is 1.45. The Balaban J connectivity index is 2.33. The largest absolute Gasteiger partial charge is 0.389 e. The first kappa shape index (κ1) is 16.0. The number of nitrogens with two attached hydrogens (primary N) is 1. The summed E-state index contributed by atoms with van der Waals surface area (Å²) >= 11 is 6.50. The molecule has 0 aliphatic rings. The zero-order valence-corrected chi connectivity index (χ0v) is 12.9. The second-order valence-corrected chi connectivity index (χ2v) is 5.86. The van der Waals surface area contributed by atoms with Crippen LogP contribution in [0.15, 0.2) is 24.3 Å². The summed E-state index contributed by atoms with van der Waals surface area (Å²) in [6.45, 7) is 4.07. The van der Waals surface area contributed by atoms with Crippen molar-refractivity contribution in [1.29, 1.82) is 0 Å². The molecular weight excluding hydrogens is 276 g/mol. The zero-order valence-electron chi connectivity index (χ0n) is 11.3. The van der Waals surface area contributed by atoms with Crippen molar-refractivity contribution in [1.82, 2.24) is 5.32 Å². The van der Waals surface area contributed by atoms with Gasteiger partial charge in [0, 0.05) is 17.4 Å². The quantitative estimate of drug-likeness (QED) is 0.759. The number of amides is 1. The van der Waals surface area contributed by atoms with E-state index < -0.39 is 0 Å². The number of carbonyl (C=O) groups is 1. The lowest BCUT2D eigenvalue weighted by atomic mass is 10.1. The van der Waals surface area contributed by atoms with Gasteiger partial charge in [0.05, 0.1) is 5.75 Å². The van der Waals surface area contributed by atoms with E-state index in [1.54, 1.807) is 11.8 Å². The van der Waals surface area contributed by atoms with Gasteiger partial charge in [-0.15, -0.1) is 11.8 Å². The van der Waals surface area contributed by atoms with Crippen LogP contribution in [0.1, 0.15) is 31.4 Å². The Morgan fingerprint density at radius 2 is 2.05 bits per heavy atom. The van der Waals surface area contributed by atoms with Crippen molar-refractivity contribution in [2.75, 3.05) is 5.75 Å². The van der Waals surface area contributed by atoms with Crippen LogP contribution in [0.2, 0.25) is 0 Å². The topological polar surface area (TPSA) is 55.1 Å². The maximum atomic E-state index is 11.6. The first-order valence-electron chi connectivity index (χ1n) is 6.28. The van der Waals surface area contributed by atoms with E-state index in [9.17, 15) is 4.79 Å². The minimum atomic E-state index is 0.0964. The smallest absolute Gasteiger partial charge is 0.230 e. The number of thioether (sulfide) groups is 1. The van der Waals surface area contributed by atoms with Gasteiger partial charge in [-0.05, 0) is 18.9 Å². The average Bonchev–Trinajstić information content (AvgIpc) is 2.39. The third-order valence-corrected chi connectivity index (χ3v) is 4.00. The molecule has 3 N–H and O–H groups in total. The Kier molecular flexibility index (Phi) is 6.87. The standard InChI is InChI=1S/C14H20N2OS2/c1-3-10(2)16-13(17)9-19-8-11-4-6-12(7-5-11)14(15)18/h4-7,10H,3,8-9H2,1-2H3,(H2,15,18)(H,16,17). The van der Waals surface area contributed by atoms with Crippen LogP contribution in [-0.4, -0.2) is 22.7 Å². The SMILES string of the molecule is CCC(C)NC(=O)CSCc1ccc(C(N)=S)cc1. The Morgan fingerprint density at radius 1 is 1.42 bits per heavy atom. The Labute approximate surface area is 124 Å². The summed E-state index contributed by atoms with van der Waals surface area (Å²) < 4.78 is 0. The zero-order chi connectivity index (χ0) is 14.3. The Bertz CT molecular complexity index is 432. The van der Waals surface area contributed by atoms with Crippen LogP contribution < -0.4 is 11.1 Å². The van der Waals surface area contributed by atoms with E-state index in [1.807, 2.05) is 31.2 Å². The highest BCUT2D eigenvalue weighted by Crippen LogP contribution is 2.13. The van der Waals surface area contributed by atoms with Crippen molar-refractivity contribution in [3.05, 3.63) is 35.4 Å². The van der Waals surface area contributed by atoms with Gasteiger partial charge in [-0.2, -0.15) is 0 Å². The van der Waals surface area contributed by atoms with Gasteiger partial charge in [0.25, 0.3) is 0 Å². The van der Waals surface area contributed by atoms with Crippen molar-refractivity contribution in [2.24, 2.45) is 5.73 Å². The summed E-state index contributed by atoms with van der Waals surface area (Å²) in [5.41, 5.74) is 7.58. The van der Waals surface area contributed by atoms with E-state index in [1.165, 1.54) is 5.56 Å². The number of thiocarbonyl (C=S) groups is 1. The molecule has 0 aliphatic heterocycles. The molecule has 0 fully saturated rings. The maximum Gasteiger partial charge on any atom is 0.230 e. The Morgan fingerprint density at radius 3 is 2.58 bits per heavy atom. The maximum absolute atomic E-state index is 11.6. The monoisotopic (exact) mass is 296 g/mol. The molecule has 0 aliphatic carbocycles. The van der Waals surface area contributed by atoms with E-state index in [-0.39, 0.29) is 11.9 Å². The van der Waals surface area contributed by atoms with E-state index in [0.717, 1.165) is 17.7 Å². The minimum Gasteiger partial charge on any atom is -0.389 e. The number of rotatable bonds is 7. The highest BCUT2D eigenvalue weighted by molar-refractivity contribution is 7.99. The molecular formula is C14H20N2OS2. The molecule has 0 radical (unpaired) electrons. The molecule has 1 aromatic rings. The third-order valence-electron chi connectivity index (χ3n) is 2.76. The molecule has 1 atom stereocenters. The second kappa shape index (κ2) is 8.17. The van der Waals surface area contributed by atoms with Crippen LogP contribution in [0.4, 0.5) is 0 Å². The highest BCUT2D eigenvalue weighted by Gasteiger charge is 2.05. The molecule has 19 heavy (non-hydrogen) atoms. The van der Waals surface area contributed by atoms with Crippen LogP contribution in [0.5, 0.6) is 0 Å². The first-order valence-corrected chi connectivity index (χ1v) is 7.85. The fraction of sp³-hybridized carbons (Fsp3) is 0.429. The van der Waals surface area contributed by atoms with Gasteiger partial charge in [-0.1, -0.05) is 43.4 Å². The van der Waals surface area contributed by atoms with E-state index in [0.29, 0.717) is 10.7 Å². The molecule has 1 aromatic carbocycles. The summed E-state index contributed by atoms with van der Waals surface area (Å²) in [5.74, 6) is 1.39. The summed E-state index contributed by atoms with van der Waals surface area (Å²) in [5, 5.41) is 2.95. The van der Waals surface area contributed by atoms with Gasteiger partial charge in [-0.25, -0.2) is 0 Å². The molecule has 1 rings (SSSR count). The van der Waals surface area contributed by atoms with Gasteiger partial charge in [0.2, 0.25) is 5.91 Å². The van der Waals surface area contributed by atoms with Gasteiger partial charge in [-0.3, -0.25) is 4.79 Å². The molecule has 5 heteroatoms. The van der Waals surface area contributed by atoms with E-state index in [4.69, 9.17) is 18.0 Å². The minimum absolute atomic E-state index is 0.0964. The van der Waals surface area contributed by atoms with Gasteiger partial charge >= 0.3 is 0 Å². The number of carbonyl (C=O) groups excluding carboxylic acids is 1. The number of hydrogen-bond donors (Lipinski definition) is 2. The summed E-state index contributed by atoms with van der Waals surface area (Å²) in [6, 6.07) is 8.06. The van der Waals surface area contributed by atoms with Crippen LogP contribution in [0.25, 0.3) is 0 Å². The van der Waals surface area contributed by atoms with Gasteiger partial charge in [0.15, 0.2) is 0 Å². The van der Waals surface area contributed by atoms with Crippen LogP contribution in [0, 0.1) is 0 Å². The molecule has 1 amide bonds. The van der Waals surface area contributed by atoms with Crippen molar-refractivity contribution < 1.29 is 4.79 Å². The lowest BCUT2D eigenvalue weighted by molar-refractivity contribution is -0.119. The molecule has 0 saturated carbocycles. The summed E-state index contributed by atoms with van der Waals surface area (Å²) in [6.07, 6.45) is 0.955. The predicted octanol–water partition coefficient (Wildman–Crippen LogP) is 2.47. The lowest BCUT2D eigenvalue weighted by Crippen LogP contribution is -2.33. The normalized spacial score (nSPS) is 11.9. The number of hydrogen-bond acceptors (Lipinski definition) is 3. The van der Waals surface area contributed by atoms with E-state index in [2.05, 4.69) is 12.2 Å². The molecule has 3 nitrogen and oxygen atoms in total. The van der Waals surface area contributed by atoms with Crippen molar-refractivity contribution in [3.8, 4) is 0 Å². The van der Waals surface area contributed by atoms with Crippen molar-refractivity contribution in [2.45, 2.75) is 32.1 Å². The van der Waals surface area contributed by atoms with Crippen molar-refractivity contribution >= 4 is 34.9 Å². The first-order chi connectivity index (χ1) is 9.02. The molecule has 0 saturated heterocycles. The lowest BCUT2D eigenvalue weighted by Gasteiger charge is -2.11. The molecule has 0 spiro atoms. The third kappa shape index (κ3) is 6.07. The van der Waals surface area contributed by atoms with Crippen LogP contribution in [0.3, 0.4) is 0 Å². The van der Waals surface area contributed by atoms with Gasteiger partial charge in [0.1, 0.15) is 4.99 Å². The molecule has 0 bridgehead atoms. The average molecular weight is 296 g/mol. The molecule has 1 unspecified atom stereocenters. The van der Waals surface area contributed by atoms with Crippen LogP contribution in [-0.2, 0) is 10.5 Å².